The summed E-state index contributed by atoms with van der Waals surface area (Å²) in [5.74, 6) is 1.56. The van der Waals surface area contributed by atoms with Crippen LogP contribution in [0, 0.1) is 5.41 Å². The van der Waals surface area contributed by atoms with Gasteiger partial charge in [-0.1, -0.05) is 44.2 Å². The van der Waals surface area contributed by atoms with Crippen molar-refractivity contribution in [3.63, 3.8) is 0 Å². The molecular formula is C25H33NO3. The standard InChI is InChI=1S/C25H33NO3/c1-5-13-26(18-19-10-7-6-8-11-19)14-9-12-25(2)17-20-15-22(28-3)23(29-4)16-21(20)24(25)27/h6-8,10-11,15-16H,5,9,12-14,17-18H2,1-4H3. The first-order valence-electron chi connectivity index (χ1n) is 10.6. The largest absolute Gasteiger partial charge is 0.493 e. The van der Waals surface area contributed by atoms with E-state index >= 15 is 0 Å². The van der Waals surface area contributed by atoms with Gasteiger partial charge in [0.15, 0.2) is 17.3 Å². The number of rotatable bonds is 10. The lowest BCUT2D eigenvalue weighted by molar-refractivity contribution is 0.0820. The van der Waals surface area contributed by atoms with Crippen LogP contribution >= 0.6 is 0 Å². The van der Waals surface area contributed by atoms with Crippen LogP contribution in [0.2, 0.25) is 0 Å². The fourth-order valence-corrected chi connectivity index (χ4v) is 4.43. The first kappa shape index (κ1) is 21.4. The molecule has 0 saturated heterocycles. The number of Topliss-reactive ketones (excluding diaryl/α,β-unsaturated/α-hetero) is 1. The molecule has 1 aliphatic carbocycles. The number of benzene rings is 2. The molecule has 3 rings (SSSR count). The summed E-state index contributed by atoms with van der Waals surface area (Å²) in [6, 6.07) is 14.4. The molecule has 0 amide bonds. The van der Waals surface area contributed by atoms with Crippen LogP contribution in [0.5, 0.6) is 11.5 Å². The lowest BCUT2D eigenvalue weighted by atomic mass is 9.81. The van der Waals surface area contributed by atoms with Gasteiger partial charge >= 0.3 is 0 Å². The molecule has 156 valence electrons. The highest BCUT2D eigenvalue weighted by Crippen LogP contribution is 2.44. The van der Waals surface area contributed by atoms with Crippen molar-refractivity contribution in [1.29, 1.82) is 0 Å². The topological polar surface area (TPSA) is 38.8 Å². The molecule has 0 spiro atoms. The SMILES string of the molecule is CCCN(CCCC1(C)Cc2cc(OC)c(OC)cc2C1=O)Cc1ccccc1. The van der Waals surface area contributed by atoms with Crippen LogP contribution in [-0.4, -0.2) is 38.0 Å². The van der Waals surface area contributed by atoms with Gasteiger partial charge in [-0.2, -0.15) is 0 Å². The van der Waals surface area contributed by atoms with Gasteiger partial charge in [0.2, 0.25) is 0 Å². The smallest absolute Gasteiger partial charge is 0.169 e. The Balaban J connectivity index is 1.64. The van der Waals surface area contributed by atoms with Crippen LogP contribution < -0.4 is 9.47 Å². The highest BCUT2D eigenvalue weighted by molar-refractivity contribution is 6.05. The minimum Gasteiger partial charge on any atom is -0.493 e. The Morgan fingerprint density at radius 3 is 2.38 bits per heavy atom. The van der Waals surface area contributed by atoms with Crippen molar-refractivity contribution in [3.05, 3.63) is 59.2 Å². The van der Waals surface area contributed by atoms with Gasteiger partial charge in [-0.15, -0.1) is 0 Å². The molecule has 0 radical (unpaired) electrons. The zero-order chi connectivity index (χ0) is 20.9. The van der Waals surface area contributed by atoms with Crippen molar-refractivity contribution in [3.8, 4) is 11.5 Å². The lowest BCUT2D eigenvalue weighted by Gasteiger charge is -2.26. The first-order chi connectivity index (χ1) is 14.0. The number of hydrogen-bond acceptors (Lipinski definition) is 4. The molecule has 0 N–H and O–H groups in total. The van der Waals surface area contributed by atoms with Crippen LogP contribution in [-0.2, 0) is 13.0 Å². The summed E-state index contributed by atoms with van der Waals surface area (Å²) in [6.07, 6.45) is 3.81. The average molecular weight is 396 g/mol. The van der Waals surface area contributed by atoms with E-state index in [2.05, 4.69) is 49.1 Å². The van der Waals surface area contributed by atoms with Gasteiger partial charge in [0.1, 0.15) is 0 Å². The van der Waals surface area contributed by atoms with Crippen molar-refractivity contribution >= 4 is 5.78 Å². The van der Waals surface area contributed by atoms with Gasteiger partial charge in [0, 0.05) is 17.5 Å². The molecule has 0 saturated carbocycles. The number of hydrogen-bond donors (Lipinski definition) is 0. The Morgan fingerprint density at radius 2 is 1.72 bits per heavy atom. The third-order valence-corrected chi connectivity index (χ3v) is 5.97. The maximum absolute atomic E-state index is 13.2. The van der Waals surface area contributed by atoms with E-state index in [1.807, 2.05) is 12.1 Å². The van der Waals surface area contributed by atoms with Gasteiger partial charge in [-0.05, 0) is 62.0 Å². The third kappa shape index (κ3) is 4.81. The maximum Gasteiger partial charge on any atom is 0.169 e. The predicted octanol–water partition coefficient (Wildman–Crippen LogP) is 5.14. The summed E-state index contributed by atoms with van der Waals surface area (Å²) >= 11 is 0. The van der Waals surface area contributed by atoms with Gasteiger partial charge < -0.3 is 9.47 Å². The number of fused-ring (bicyclic) bond motifs is 1. The van der Waals surface area contributed by atoms with Crippen molar-refractivity contribution < 1.29 is 14.3 Å². The molecule has 2 aromatic rings. The molecule has 0 fully saturated rings. The van der Waals surface area contributed by atoms with Crippen molar-refractivity contribution in [2.75, 3.05) is 27.3 Å². The fourth-order valence-electron chi connectivity index (χ4n) is 4.43. The van der Waals surface area contributed by atoms with Crippen molar-refractivity contribution in [2.24, 2.45) is 5.41 Å². The molecule has 4 heteroatoms. The summed E-state index contributed by atoms with van der Waals surface area (Å²) in [5, 5.41) is 0. The van der Waals surface area contributed by atoms with E-state index in [9.17, 15) is 4.79 Å². The van der Waals surface area contributed by atoms with Crippen LogP contribution in [0.1, 0.15) is 54.6 Å². The highest BCUT2D eigenvalue weighted by atomic mass is 16.5. The number of nitrogens with zero attached hydrogens (tertiary/aromatic N) is 1. The minimum atomic E-state index is -0.343. The van der Waals surface area contributed by atoms with E-state index in [4.69, 9.17) is 9.47 Å². The second-order valence-electron chi connectivity index (χ2n) is 8.30. The number of carbonyl (C=O) groups is 1. The molecule has 0 heterocycles. The molecule has 4 nitrogen and oxygen atoms in total. The second kappa shape index (κ2) is 9.45. The monoisotopic (exact) mass is 395 g/mol. The van der Waals surface area contributed by atoms with E-state index in [1.165, 1.54) is 5.56 Å². The van der Waals surface area contributed by atoms with Crippen LogP contribution in [0.3, 0.4) is 0 Å². The van der Waals surface area contributed by atoms with Crippen LogP contribution in [0.4, 0.5) is 0 Å². The number of carbonyl (C=O) groups excluding carboxylic acids is 1. The summed E-state index contributed by atoms with van der Waals surface area (Å²) in [5.41, 5.74) is 2.87. The molecule has 0 bridgehead atoms. The lowest BCUT2D eigenvalue weighted by Crippen LogP contribution is -2.29. The summed E-state index contributed by atoms with van der Waals surface area (Å²) in [4.78, 5) is 15.7. The Hall–Kier alpha value is -2.33. The molecule has 1 unspecified atom stereocenters. The summed E-state index contributed by atoms with van der Waals surface area (Å²) < 4.78 is 10.8. The Labute approximate surface area is 174 Å². The van der Waals surface area contributed by atoms with Gasteiger partial charge in [0.05, 0.1) is 14.2 Å². The van der Waals surface area contributed by atoms with E-state index < -0.39 is 0 Å². The van der Waals surface area contributed by atoms with E-state index in [0.29, 0.717) is 11.5 Å². The summed E-state index contributed by atoms with van der Waals surface area (Å²) in [7, 11) is 3.24. The van der Waals surface area contributed by atoms with Gasteiger partial charge in [0.25, 0.3) is 0 Å². The van der Waals surface area contributed by atoms with E-state index in [-0.39, 0.29) is 11.2 Å². The molecule has 0 aromatic heterocycles. The highest BCUT2D eigenvalue weighted by Gasteiger charge is 2.41. The van der Waals surface area contributed by atoms with Crippen molar-refractivity contribution in [2.45, 2.75) is 46.1 Å². The van der Waals surface area contributed by atoms with Gasteiger partial charge in [-0.3, -0.25) is 9.69 Å². The maximum atomic E-state index is 13.2. The van der Waals surface area contributed by atoms with E-state index in [1.54, 1.807) is 14.2 Å². The second-order valence-corrected chi connectivity index (χ2v) is 8.30. The normalized spacial score (nSPS) is 18.2. The van der Waals surface area contributed by atoms with Crippen molar-refractivity contribution in [1.82, 2.24) is 4.90 Å². The number of methoxy groups -OCH3 is 2. The molecule has 29 heavy (non-hydrogen) atoms. The fraction of sp³-hybridized carbons (Fsp3) is 0.480. The first-order valence-corrected chi connectivity index (χ1v) is 10.6. The molecule has 1 atom stereocenters. The Bertz CT molecular complexity index is 833. The summed E-state index contributed by atoms with van der Waals surface area (Å²) in [6.45, 7) is 7.38. The molecule has 1 aliphatic rings. The Morgan fingerprint density at radius 1 is 1.03 bits per heavy atom. The number of ketones is 1. The molecule has 0 aliphatic heterocycles. The van der Waals surface area contributed by atoms with Crippen LogP contribution in [0.25, 0.3) is 0 Å². The molecule has 2 aromatic carbocycles. The third-order valence-electron chi connectivity index (χ3n) is 5.97. The van der Waals surface area contributed by atoms with E-state index in [0.717, 1.165) is 56.4 Å². The van der Waals surface area contributed by atoms with Gasteiger partial charge in [-0.25, -0.2) is 0 Å². The molecular weight excluding hydrogens is 362 g/mol. The minimum absolute atomic E-state index is 0.235. The predicted molar refractivity (Wildman–Crippen MR) is 117 cm³/mol. The zero-order valence-corrected chi connectivity index (χ0v) is 18.2. The quantitative estimate of drug-likeness (QED) is 0.558. The average Bonchev–Trinajstić information content (AvgIpc) is 2.97. The number of ether oxygens (including phenoxy) is 2. The van der Waals surface area contributed by atoms with Crippen LogP contribution in [0.15, 0.2) is 42.5 Å². The Kier molecular flexibility index (Phi) is 6.96. The zero-order valence-electron chi connectivity index (χ0n) is 18.2.